The Labute approximate surface area is 269 Å². The van der Waals surface area contributed by atoms with Crippen LogP contribution in [-0.2, 0) is 17.9 Å². The quantitative estimate of drug-likeness (QED) is 0.174. The van der Waals surface area contributed by atoms with Crippen molar-refractivity contribution in [1.29, 1.82) is 0 Å². The molecular formula is C36H43N5O5. The molecule has 242 valence electrons. The van der Waals surface area contributed by atoms with Gasteiger partial charge in [-0.15, -0.1) is 0 Å². The van der Waals surface area contributed by atoms with E-state index in [1.54, 1.807) is 13.3 Å². The zero-order chi connectivity index (χ0) is 32.1. The van der Waals surface area contributed by atoms with Gasteiger partial charge in [0, 0.05) is 6.42 Å². The van der Waals surface area contributed by atoms with Crippen molar-refractivity contribution in [3.8, 4) is 22.8 Å². The second-order valence-electron chi connectivity index (χ2n) is 12.8. The topological polar surface area (TPSA) is 121 Å². The number of nitrogens with one attached hydrogen (secondary N) is 2. The summed E-state index contributed by atoms with van der Waals surface area (Å²) in [6, 6.07) is 17.8. The average molecular weight is 626 g/mol. The molecule has 2 aliphatic rings. The first kappa shape index (κ1) is 31.4. The van der Waals surface area contributed by atoms with Gasteiger partial charge in [-0.05, 0) is 54.9 Å². The first-order valence-corrected chi connectivity index (χ1v) is 16.3. The molecule has 4 aromatic rings. The van der Waals surface area contributed by atoms with Crippen LogP contribution in [0.4, 0.5) is 0 Å². The minimum absolute atomic E-state index is 0.150. The number of hydrogen-bond acceptors (Lipinski definition) is 7. The number of aromatic nitrogens is 3. The molecule has 0 saturated heterocycles. The van der Waals surface area contributed by atoms with Gasteiger partial charge in [-0.25, -0.2) is 4.98 Å². The number of oxazole rings is 1. The van der Waals surface area contributed by atoms with Gasteiger partial charge in [0.05, 0.1) is 42.7 Å². The molecule has 0 aliphatic heterocycles. The fraction of sp³-hybridized carbons (Fsp3) is 0.444. The van der Waals surface area contributed by atoms with Gasteiger partial charge >= 0.3 is 0 Å². The van der Waals surface area contributed by atoms with Gasteiger partial charge in [-0.1, -0.05) is 69.5 Å². The lowest BCUT2D eigenvalue weighted by Crippen LogP contribution is -2.43. The molecule has 2 saturated carbocycles. The fourth-order valence-electron chi connectivity index (χ4n) is 6.84. The van der Waals surface area contributed by atoms with Crippen LogP contribution in [0.5, 0.6) is 11.5 Å². The van der Waals surface area contributed by atoms with E-state index >= 15 is 0 Å². The SMILES string of the molecule is COc1cccc(OCc2ccccc2)c1-c1cc(C(=O)N[C@]2(CC(=O)NCc3ncco3)CC2C(C)C)nn1C1CCCCC1. The van der Waals surface area contributed by atoms with Crippen molar-refractivity contribution in [2.75, 3.05) is 7.11 Å². The van der Waals surface area contributed by atoms with Crippen LogP contribution in [0.3, 0.4) is 0 Å². The minimum atomic E-state index is -0.644. The maximum atomic E-state index is 14.0. The van der Waals surface area contributed by atoms with Crippen LogP contribution in [0.15, 0.2) is 71.5 Å². The molecule has 2 N–H and O–H groups in total. The molecule has 10 nitrogen and oxygen atoms in total. The van der Waals surface area contributed by atoms with Gasteiger partial charge in [-0.2, -0.15) is 5.10 Å². The number of rotatable bonds is 13. The Kier molecular flexibility index (Phi) is 9.42. The predicted octanol–water partition coefficient (Wildman–Crippen LogP) is 6.48. The number of benzene rings is 2. The van der Waals surface area contributed by atoms with Crippen LogP contribution < -0.4 is 20.1 Å². The Balaban J connectivity index is 1.29. The molecule has 2 aromatic carbocycles. The number of hydrogen-bond donors (Lipinski definition) is 2. The number of nitrogens with zero attached hydrogens (tertiary/aromatic N) is 3. The molecule has 0 radical (unpaired) electrons. The van der Waals surface area contributed by atoms with Crippen LogP contribution in [0, 0.1) is 11.8 Å². The third kappa shape index (κ3) is 6.95. The monoisotopic (exact) mass is 625 g/mol. The van der Waals surface area contributed by atoms with Crippen molar-refractivity contribution in [2.45, 2.75) is 83.5 Å². The number of methoxy groups -OCH3 is 1. The number of carbonyl (C=O) groups excluding carboxylic acids is 2. The highest BCUT2D eigenvalue weighted by Crippen LogP contribution is 2.51. The van der Waals surface area contributed by atoms with E-state index in [1.165, 1.54) is 12.7 Å². The second kappa shape index (κ2) is 13.8. The molecule has 2 aliphatic carbocycles. The summed E-state index contributed by atoms with van der Waals surface area (Å²) in [4.78, 5) is 31.1. The van der Waals surface area contributed by atoms with Gasteiger partial charge in [0.25, 0.3) is 5.91 Å². The molecule has 2 heterocycles. The van der Waals surface area contributed by atoms with E-state index in [-0.39, 0.29) is 36.7 Å². The second-order valence-corrected chi connectivity index (χ2v) is 12.8. The first-order chi connectivity index (χ1) is 22.4. The highest BCUT2D eigenvalue weighted by atomic mass is 16.5. The lowest BCUT2D eigenvalue weighted by molar-refractivity contribution is -0.122. The Morgan fingerprint density at radius 2 is 1.85 bits per heavy atom. The molecule has 1 unspecified atom stereocenters. The summed E-state index contributed by atoms with van der Waals surface area (Å²) < 4.78 is 19.5. The maximum absolute atomic E-state index is 14.0. The summed E-state index contributed by atoms with van der Waals surface area (Å²) >= 11 is 0. The standard InChI is InChI=1S/C36H43N5O5/c1-24(2)27-20-36(27,21-32(42)38-22-33-37-17-18-45-33)39-35(43)28-19-29(41(40-28)26-13-8-5-9-14-26)34-30(44-3)15-10-16-31(34)46-23-25-11-6-4-7-12-25/h4,6-7,10-12,15-19,24,26-27H,5,8-9,13-14,20-23H2,1-3H3,(H,38,42)(H,39,43)/t27?,36-/m0/s1. The predicted molar refractivity (Wildman–Crippen MR) is 173 cm³/mol. The van der Waals surface area contributed by atoms with Crippen LogP contribution >= 0.6 is 0 Å². The molecular weight excluding hydrogens is 582 g/mol. The van der Waals surface area contributed by atoms with Crippen LogP contribution in [0.1, 0.15) is 86.8 Å². The van der Waals surface area contributed by atoms with Crippen molar-refractivity contribution in [3.63, 3.8) is 0 Å². The van der Waals surface area contributed by atoms with E-state index < -0.39 is 5.54 Å². The summed E-state index contributed by atoms with van der Waals surface area (Å²) in [5, 5.41) is 11.1. The van der Waals surface area contributed by atoms with Gasteiger partial charge in [0.2, 0.25) is 11.8 Å². The smallest absolute Gasteiger partial charge is 0.272 e. The molecule has 0 bridgehead atoms. The third-order valence-electron chi connectivity index (χ3n) is 9.29. The number of carbonyl (C=O) groups is 2. The van der Waals surface area contributed by atoms with E-state index in [9.17, 15) is 9.59 Å². The van der Waals surface area contributed by atoms with Crippen molar-refractivity contribution in [2.24, 2.45) is 11.8 Å². The first-order valence-electron chi connectivity index (χ1n) is 16.3. The molecule has 2 aromatic heterocycles. The summed E-state index contributed by atoms with van der Waals surface area (Å²) in [7, 11) is 1.64. The van der Waals surface area contributed by atoms with Gasteiger partial charge < -0.3 is 24.5 Å². The van der Waals surface area contributed by atoms with Crippen molar-refractivity contribution < 1.29 is 23.5 Å². The summed E-state index contributed by atoms with van der Waals surface area (Å²) in [6.07, 6.45) is 9.28. The van der Waals surface area contributed by atoms with Gasteiger partial charge in [-0.3, -0.25) is 14.3 Å². The number of ether oxygens (including phenoxy) is 2. The molecule has 6 rings (SSSR count). The summed E-state index contributed by atoms with van der Waals surface area (Å²) in [5.41, 5.74) is 2.27. The van der Waals surface area contributed by atoms with Crippen molar-refractivity contribution in [3.05, 3.63) is 84.2 Å². The van der Waals surface area contributed by atoms with Crippen molar-refractivity contribution >= 4 is 11.8 Å². The summed E-state index contributed by atoms with van der Waals surface area (Å²) in [5.74, 6) is 1.77. The van der Waals surface area contributed by atoms with E-state index in [1.807, 2.05) is 59.3 Å². The van der Waals surface area contributed by atoms with E-state index in [4.69, 9.17) is 19.0 Å². The normalized spacial score (nSPS) is 19.5. The molecule has 2 fully saturated rings. The third-order valence-corrected chi connectivity index (χ3v) is 9.29. The highest BCUT2D eigenvalue weighted by molar-refractivity contribution is 5.95. The molecule has 0 spiro atoms. The highest BCUT2D eigenvalue weighted by Gasteiger charge is 2.57. The van der Waals surface area contributed by atoms with Crippen LogP contribution in [0.2, 0.25) is 0 Å². The minimum Gasteiger partial charge on any atom is -0.496 e. The Bertz CT molecular complexity index is 1630. The van der Waals surface area contributed by atoms with Gasteiger partial charge in [0.15, 0.2) is 5.69 Å². The maximum Gasteiger partial charge on any atom is 0.272 e. The molecule has 10 heteroatoms. The van der Waals surface area contributed by atoms with Crippen LogP contribution in [0.25, 0.3) is 11.3 Å². The Hall–Kier alpha value is -4.60. The van der Waals surface area contributed by atoms with Gasteiger partial charge in [0.1, 0.15) is 24.4 Å². The largest absolute Gasteiger partial charge is 0.496 e. The average Bonchev–Trinajstić information content (AvgIpc) is 3.39. The van der Waals surface area contributed by atoms with Crippen LogP contribution in [-0.4, -0.2) is 39.2 Å². The molecule has 2 atom stereocenters. The zero-order valence-corrected chi connectivity index (χ0v) is 26.8. The fourth-order valence-corrected chi connectivity index (χ4v) is 6.84. The van der Waals surface area contributed by atoms with E-state index in [2.05, 4.69) is 29.5 Å². The Morgan fingerprint density at radius 1 is 1.07 bits per heavy atom. The molecule has 46 heavy (non-hydrogen) atoms. The Morgan fingerprint density at radius 3 is 2.54 bits per heavy atom. The van der Waals surface area contributed by atoms with E-state index in [0.717, 1.165) is 48.9 Å². The molecule has 2 amide bonds. The van der Waals surface area contributed by atoms with Crippen molar-refractivity contribution in [1.82, 2.24) is 25.4 Å². The number of amides is 2. The zero-order valence-electron chi connectivity index (χ0n) is 26.8. The summed E-state index contributed by atoms with van der Waals surface area (Å²) in [6.45, 7) is 4.84. The lowest BCUT2D eigenvalue weighted by atomic mass is 9.95. The lowest BCUT2D eigenvalue weighted by Gasteiger charge is -2.25. The van der Waals surface area contributed by atoms with E-state index in [0.29, 0.717) is 35.6 Å².